The number of aromatic nitrogens is 4. The van der Waals surface area contributed by atoms with E-state index in [9.17, 15) is 4.79 Å². The van der Waals surface area contributed by atoms with E-state index in [1.54, 1.807) is 12.4 Å². The topological polar surface area (TPSA) is 68.6 Å². The van der Waals surface area contributed by atoms with Crippen molar-refractivity contribution in [2.45, 2.75) is 0 Å². The summed E-state index contributed by atoms with van der Waals surface area (Å²) < 4.78 is 0.912. The number of carbonyl (C=O) groups is 1. The van der Waals surface area contributed by atoms with Gasteiger partial charge < -0.3 is 0 Å². The Labute approximate surface area is 94.8 Å². The molecule has 0 spiro atoms. The van der Waals surface area contributed by atoms with Gasteiger partial charge in [-0.1, -0.05) is 0 Å². The van der Waals surface area contributed by atoms with Gasteiger partial charge in [0.25, 0.3) is 0 Å². The highest BCUT2D eigenvalue weighted by atomic mass is 79.9. The molecule has 0 aromatic carbocycles. The third-order valence-corrected chi connectivity index (χ3v) is 1.66. The predicted molar refractivity (Wildman–Crippen MR) is 57.2 cm³/mol. The van der Waals surface area contributed by atoms with Gasteiger partial charge in [0, 0.05) is 24.8 Å². The number of halogens is 1. The fraction of sp³-hybridized carbons (Fsp3) is 0. The summed E-state index contributed by atoms with van der Waals surface area (Å²) in [5.74, 6) is 0. The minimum atomic E-state index is 0.507. The number of hydrogen-bond donors (Lipinski definition) is 0. The summed E-state index contributed by atoms with van der Waals surface area (Å²) in [4.78, 5) is 24.6. The lowest BCUT2D eigenvalue weighted by molar-refractivity contribution is 0.112. The lowest BCUT2D eigenvalue weighted by atomic mass is 10.4. The SMILES string of the molecule is Brc1cncnc1.O=Cc1cncnc1. The normalized spacial score (nSPS) is 8.60. The van der Waals surface area contributed by atoms with E-state index < -0.39 is 0 Å². The van der Waals surface area contributed by atoms with Gasteiger partial charge in [0.2, 0.25) is 0 Å². The van der Waals surface area contributed by atoms with Gasteiger partial charge in [-0.2, -0.15) is 0 Å². The van der Waals surface area contributed by atoms with Gasteiger partial charge in [0.15, 0.2) is 6.29 Å². The summed E-state index contributed by atoms with van der Waals surface area (Å²) >= 11 is 3.19. The molecule has 0 aliphatic carbocycles. The molecule has 2 rings (SSSR count). The van der Waals surface area contributed by atoms with E-state index in [1.807, 2.05) is 0 Å². The lowest BCUT2D eigenvalue weighted by Gasteiger charge is -1.80. The third-order valence-electron chi connectivity index (χ3n) is 1.25. The Balaban J connectivity index is 0.000000151. The molecule has 0 amide bonds. The van der Waals surface area contributed by atoms with E-state index in [2.05, 4.69) is 35.9 Å². The van der Waals surface area contributed by atoms with Gasteiger partial charge in [0.05, 0.1) is 10.0 Å². The zero-order chi connectivity index (χ0) is 10.9. The van der Waals surface area contributed by atoms with Gasteiger partial charge in [-0.3, -0.25) is 4.79 Å². The molecule has 15 heavy (non-hydrogen) atoms. The van der Waals surface area contributed by atoms with E-state index >= 15 is 0 Å². The van der Waals surface area contributed by atoms with Crippen molar-refractivity contribution in [1.82, 2.24) is 19.9 Å². The first-order chi connectivity index (χ1) is 7.33. The van der Waals surface area contributed by atoms with Crippen molar-refractivity contribution in [3.05, 3.63) is 47.5 Å². The average Bonchev–Trinajstić information content (AvgIpc) is 2.32. The summed E-state index contributed by atoms with van der Waals surface area (Å²) in [7, 11) is 0. The summed E-state index contributed by atoms with van der Waals surface area (Å²) in [5.41, 5.74) is 0.507. The van der Waals surface area contributed by atoms with Gasteiger partial charge in [0.1, 0.15) is 12.7 Å². The van der Waals surface area contributed by atoms with Crippen LogP contribution in [0.1, 0.15) is 10.4 Å². The smallest absolute Gasteiger partial charge is 0.153 e. The largest absolute Gasteiger partial charge is 0.298 e. The van der Waals surface area contributed by atoms with Crippen LogP contribution in [0, 0.1) is 0 Å². The van der Waals surface area contributed by atoms with Crippen molar-refractivity contribution in [3.8, 4) is 0 Å². The Hall–Kier alpha value is -1.69. The minimum absolute atomic E-state index is 0.507. The van der Waals surface area contributed by atoms with E-state index in [0.29, 0.717) is 11.8 Å². The molecule has 0 N–H and O–H groups in total. The Morgan fingerprint density at radius 1 is 0.933 bits per heavy atom. The second-order valence-corrected chi connectivity index (χ2v) is 3.26. The Morgan fingerprint density at radius 3 is 1.67 bits per heavy atom. The van der Waals surface area contributed by atoms with Crippen LogP contribution in [0.25, 0.3) is 0 Å². The highest BCUT2D eigenvalue weighted by Crippen LogP contribution is 2.00. The molecule has 0 bridgehead atoms. The number of nitrogens with zero attached hydrogens (tertiary/aromatic N) is 4. The maximum Gasteiger partial charge on any atom is 0.153 e. The number of hydrogen-bond acceptors (Lipinski definition) is 5. The van der Waals surface area contributed by atoms with Crippen LogP contribution in [0.4, 0.5) is 0 Å². The molecule has 0 saturated heterocycles. The van der Waals surface area contributed by atoms with E-state index in [0.717, 1.165) is 4.47 Å². The van der Waals surface area contributed by atoms with Crippen LogP contribution in [0.2, 0.25) is 0 Å². The zero-order valence-corrected chi connectivity index (χ0v) is 9.20. The van der Waals surface area contributed by atoms with E-state index in [4.69, 9.17) is 0 Å². The van der Waals surface area contributed by atoms with Crippen LogP contribution in [0.3, 0.4) is 0 Å². The van der Waals surface area contributed by atoms with Crippen LogP contribution < -0.4 is 0 Å². The van der Waals surface area contributed by atoms with Crippen molar-refractivity contribution in [2.75, 3.05) is 0 Å². The number of rotatable bonds is 1. The summed E-state index contributed by atoms with van der Waals surface area (Å²) in [6.07, 6.45) is 9.87. The second-order valence-electron chi connectivity index (χ2n) is 2.35. The Bertz CT molecular complexity index is 395. The molecule has 5 nitrogen and oxygen atoms in total. The lowest BCUT2D eigenvalue weighted by Crippen LogP contribution is -1.81. The highest BCUT2D eigenvalue weighted by molar-refractivity contribution is 9.10. The first kappa shape index (κ1) is 11.4. The molecule has 2 aromatic heterocycles. The van der Waals surface area contributed by atoms with Gasteiger partial charge in [-0.05, 0) is 15.9 Å². The molecule has 0 aliphatic rings. The van der Waals surface area contributed by atoms with Gasteiger partial charge >= 0.3 is 0 Å². The molecule has 6 heteroatoms. The van der Waals surface area contributed by atoms with Crippen molar-refractivity contribution < 1.29 is 4.79 Å². The fourth-order valence-corrected chi connectivity index (χ4v) is 0.889. The number of aldehydes is 1. The molecule has 0 atom stereocenters. The molecule has 2 aromatic rings. The molecule has 0 radical (unpaired) electrons. The summed E-state index contributed by atoms with van der Waals surface area (Å²) in [6.45, 7) is 0. The average molecular weight is 267 g/mol. The minimum Gasteiger partial charge on any atom is -0.298 e. The molecule has 2 heterocycles. The van der Waals surface area contributed by atoms with Crippen LogP contribution in [-0.2, 0) is 0 Å². The van der Waals surface area contributed by atoms with Crippen molar-refractivity contribution in [2.24, 2.45) is 0 Å². The van der Waals surface area contributed by atoms with Crippen LogP contribution in [0.5, 0.6) is 0 Å². The molecule has 0 unspecified atom stereocenters. The monoisotopic (exact) mass is 266 g/mol. The quantitative estimate of drug-likeness (QED) is 0.733. The standard InChI is InChI=1S/C5H4N2O.C4H3BrN2/c8-3-5-1-6-4-7-2-5;5-4-1-6-3-7-2-4/h1-4H;1-3H. The van der Waals surface area contributed by atoms with Crippen LogP contribution in [-0.4, -0.2) is 26.2 Å². The van der Waals surface area contributed by atoms with Gasteiger partial charge in [-0.15, -0.1) is 0 Å². The van der Waals surface area contributed by atoms with Crippen LogP contribution >= 0.6 is 15.9 Å². The van der Waals surface area contributed by atoms with E-state index in [-0.39, 0.29) is 0 Å². The van der Waals surface area contributed by atoms with Gasteiger partial charge in [-0.25, -0.2) is 19.9 Å². The predicted octanol–water partition coefficient (Wildman–Crippen LogP) is 1.53. The van der Waals surface area contributed by atoms with Crippen molar-refractivity contribution in [1.29, 1.82) is 0 Å². The second kappa shape index (κ2) is 6.72. The summed E-state index contributed by atoms with van der Waals surface area (Å²) in [6, 6.07) is 0. The Morgan fingerprint density at radius 2 is 1.40 bits per heavy atom. The maximum atomic E-state index is 9.93. The molecule has 76 valence electrons. The van der Waals surface area contributed by atoms with Crippen molar-refractivity contribution >= 4 is 22.2 Å². The Kier molecular flexibility index (Phi) is 5.10. The molecule has 0 fully saturated rings. The fourth-order valence-electron chi connectivity index (χ4n) is 0.652. The highest BCUT2D eigenvalue weighted by Gasteiger charge is 1.82. The molecular weight excluding hydrogens is 260 g/mol. The maximum absolute atomic E-state index is 9.93. The molecule has 0 aliphatic heterocycles. The summed E-state index contributed by atoms with van der Waals surface area (Å²) in [5, 5.41) is 0. The molecular formula is C9H7BrN4O. The number of carbonyl (C=O) groups excluding carboxylic acids is 1. The first-order valence-electron chi connectivity index (χ1n) is 3.93. The first-order valence-corrected chi connectivity index (χ1v) is 4.73. The molecule has 0 saturated carbocycles. The third kappa shape index (κ3) is 4.92. The van der Waals surface area contributed by atoms with Crippen LogP contribution in [0.15, 0.2) is 41.9 Å². The zero-order valence-electron chi connectivity index (χ0n) is 7.62. The van der Waals surface area contributed by atoms with E-state index in [1.165, 1.54) is 25.0 Å². The van der Waals surface area contributed by atoms with Crippen molar-refractivity contribution in [3.63, 3.8) is 0 Å².